The number of benzene rings is 2. The minimum Gasteiger partial charge on any atom is -0.350 e. The molecule has 2 aromatic carbocycles. The second-order valence-electron chi connectivity index (χ2n) is 6.73. The molecule has 1 fully saturated rings. The van der Waals surface area contributed by atoms with E-state index in [2.05, 4.69) is 42.1 Å². The summed E-state index contributed by atoms with van der Waals surface area (Å²) in [4.78, 5) is 14.5. The molecule has 1 saturated heterocycles. The molecular weight excluding hydrogens is 308 g/mol. The Morgan fingerprint density at radius 2 is 1.84 bits per heavy atom. The number of nitrogens with zero attached hydrogens (tertiary/aromatic N) is 2. The number of fused-ring (bicyclic) bond motifs is 1. The lowest BCUT2D eigenvalue weighted by molar-refractivity contribution is -0.124. The molecule has 1 amide bonds. The van der Waals surface area contributed by atoms with Crippen molar-refractivity contribution in [2.75, 3.05) is 13.1 Å². The highest BCUT2D eigenvalue weighted by Gasteiger charge is 2.28. The number of likely N-dealkylation sites (tertiary alicyclic amines) is 1. The highest BCUT2D eigenvalue weighted by molar-refractivity contribution is 5.92. The fourth-order valence-electron chi connectivity index (χ4n) is 3.75. The number of rotatable bonds is 3. The molecule has 0 radical (unpaired) electrons. The van der Waals surface area contributed by atoms with E-state index in [4.69, 9.17) is 0 Å². The Morgan fingerprint density at radius 1 is 1.08 bits per heavy atom. The quantitative estimate of drug-likeness (QED) is 0.661. The Hall–Kier alpha value is -2.81. The zero-order chi connectivity index (χ0) is 17.2. The van der Waals surface area contributed by atoms with Crippen molar-refractivity contribution >= 4 is 22.9 Å². The first-order chi connectivity index (χ1) is 12.2. The van der Waals surface area contributed by atoms with Crippen LogP contribution in [0, 0.1) is 0 Å². The van der Waals surface area contributed by atoms with Gasteiger partial charge in [-0.05, 0) is 29.7 Å². The van der Waals surface area contributed by atoms with Gasteiger partial charge in [-0.3, -0.25) is 4.79 Å². The number of carbonyl (C=O) groups is 1. The van der Waals surface area contributed by atoms with Crippen LogP contribution < -0.4 is 0 Å². The highest BCUT2D eigenvalue weighted by atomic mass is 16.2. The topological polar surface area (TPSA) is 25.2 Å². The van der Waals surface area contributed by atoms with Crippen molar-refractivity contribution in [1.29, 1.82) is 0 Å². The van der Waals surface area contributed by atoms with Crippen molar-refractivity contribution < 1.29 is 4.79 Å². The number of aryl methyl sites for hydroxylation is 1. The summed E-state index contributed by atoms with van der Waals surface area (Å²) in [5.41, 5.74) is 3.67. The van der Waals surface area contributed by atoms with Crippen molar-refractivity contribution in [3.05, 3.63) is 78.0 Å². The minimum atomic E-state index is 0.103. The van der Waals surface area contributed by atoms with Gasteiger partial charge in [-0.25, -0.2) is 0 Å². The molecule has 2 heterocycles. The molecule has 3 aromatic rings. The molecule has 0 saturated carbocycles. The maximum absolute atomic E-state index is 12.5. The Bertz CT molecular complexity index is 924. The lowest BCUT2D eigenvalue weighted by Crippen LogP contribution is -2.26. The normalized spacial score (nSPS) is 17.6. The van der Waals surface area contributed by atoms with E-state index in [0.717, 1.165) is 25.1 Å². The molecule has 0 bridgehead atoms. The predicted octanol–water partition coefficient (Wildman–Crippen LogP) is 4.21. The highest BCUT2D eigenvalue weighted by Crippen LogP contribution is 2.33. The molecule has 1 aliphatic heterocycles. The summed E-state index contributed by atoms with van der Waals surface area (Å²) in [7, 11) is 2.09. The zero-order valence-electron chi connectivity index (χ0n) is 14.4. The van der Waals surface area contributed by atoms with E-state index in [1.807, 2.05) is 41.3 Å². The third-order valence-corrected chi connectivity index (χ3v) is 5.09. The third kappa shape index (κ3) is 3.10. The number of hydrogen-bond acceptors (Lipinski definition) is 1. The van der Waals surface area contributed by atoms with E-state index >= 15 is 0 Å². The molecule has 4 rings (SSSR count). The van der Waals surface area contributed by atoms with Crippen molar-refractivity contribution in [1.82, 2.24) is 9.47 Å². The zero-order valence-corrected chi connectivity index (χ0v) is 14.4. The van der Waals surface area contributed by atoms with Crippen LogP contribution >= 0.6 is 0 Å². The van der Waals surface area contributed by atoms with Gasteiger partial charge in [0, 0.05) is 49.2 Å². The molecule has 0 aliphatic carbocycles. The van der Waals surface area contributed by atoms with E-state index in [9.17, 15) is 4.79 Å². The van der Waals surface area contributed by atoms with E-state index in [-0.39, 0.29) is 5.91 Å². The summed E-state index contributed by atoms with van der Waals surface area (Å²) in [5, 5.41) is 1.31. The minimum absolute atomic E-state index is 0.103. The van der Waals surface area contributed by atoms with Crippen LogP contribution in [-0.4, -0.2) is 28.5 Å². The Kier molecular flexibility index (Phi) is 4.14. The smallest absolute Gasteiger partial charge is 0.246 e. The van der Waals surface area contributed by atoms with Gasteiger partial charge in [0.05, 0.1) is 0 Å². The van der Waals surface area contributed by atoms with Crippen molar-refractivity contribution in [3.63, 3.8) is 0 Å². The second-order valence-corrected chi connectivity index (χ2v) is 6.73. The van der Waals surface area contributed by atoms with Crippen LogP contribution in [0.2, 0.25) is 0 Å². The van der Waals surface area contributed by atoms with Crippen LogP contribution in [0.1, 0.15) is 23.5 Å². The Morgan fingerprint density at radius 3 is 2.68 bits per heavy atom. The van der Waals surface area contributed by atoms with Crippen LogP contribution in [0.15, 0.2) is 66.9 Å². The van der Waals surface area contributed by atoms with Crippen LogP contribution in [0.4, 0.5) is 0 Å². The van der Waals surface area contributed by atoms with Crippen molar-refractivity contribution in [3.8, 4) is 0 Å². The molecule has 25 heavy (non-hydrogen) atoms. The van der Waals surface area contributed by atoms with Gasteiger partial charge in [-0.1, -0.05) is 48.5 Å². The number of aromatic nitrogens is 1. The monoisotopic (exact) mass is 330 g/mol. The lowest BCUT2D eigenvalue weighted by Gasteiger charge is -2.14. The van der Waals surface area contributed by atoms with Gasteiger partial charge < -0.3 is 9.47 Å². The van der Waals surface area contributed by atoms with E-state index in [1.54, 1.807) is 6.08 Å². The maximum Gasteiger partial charge on any atom is 0.246 e. The fourth-order valence-corrected chi connectivity index (χ4v) is 3.75. The SMILES string of the molecule is Cn1cc(C2CCN(C(=O)/C=C/c3ccccc3)C2)c2ccccc21. The van der Waals surface area contributed by atoms with Crippen LogP contribution in [0.3, 0.4) is 0 Å². The van der Waals surface area contributed by atoms with Gasteiger partial charge in [0.25, 0.3) is 0 Å². The second kappa shape index (κ2) is 6.60. The van der Waals surface area contributed by atoms with Gasteiger partial charge in [0.2, 0.25) is 5.91 Å². The van der Waals surface area contributed by atoms with Gasteiger partial charge in [-0.2, -0.15) is 0 Å². The summed E-state index contributed by atoms with van der Waals surface area (Å²) in [6.45, 7) is 1.62. The van der Waals surface area contributed by atoms with Gasteiger partial charge in [0.15, 0.2) is 0 Å². The Balaban J connectivity index is 1.49. The molecule has 1 atom stereocenters. The largest absolute Gasteiger partial charge is 0.350 e. The Labute approximate surface area is 148 Å². The van der Waals surface area contributed by atoms with Crippen LogP contribution in [0.25, 0.3) is 17.0 Å². The first-order valence-corrected chi connectivity index (χ1v) is 8.78. The standard InChI is InChI=1S/C22H22N2O/c1-23-16-20(19-9-5-6-10-21(19)23)18-13-14-24(15-18)22(25)12-11-17-7-3-2-4-8-17/h2-12,16,18H,13-15H2,1H3/b12-11+. The third-order valence-electron chi connectivity index (χ3n) is 5.09. The van der Waals surface area contributed by atoms with Gasteiger partial charge in [-0.15, -0.1) is 0 Å². The van der Waals surface area contributed by atoms with E-state index in [1.165, 1.54) is 16.5 Å². The fraction of sp³-hybridized carbons (Fsp3) is 0.227. The summed E-state index contributed by atoms with van der Waals surface area (Å²) in [6, 6.07) is 18.5. The lowest BCUT2D eigenvalue weighted by atomic mass is 9.98. The average molecular weight is 330 g/mol. The number of para-hydroxylation sites is 1. The maximum atomic E-state index is 12.5. The summed E-state index contributed by atoms with van der Waals surface area (Å²) >= 11 is 0. The number of carbonyl (C=O) groups excluding carboxylic acids is 1. The first kappa shape index (κ1) is 15.7. The molecule has 1 aliphatic rings. The predicted molar refractivity (Wildman–Crippen MR) is 102 cm³/mol. The molecule has 0 spiro atoms. The molecule has 3 nitrogen and oxygen atoms in total. The average Bonchev–Trinajstić information content (AvgIpc) is 3.26. The summed E-state index contributed by atoms with van der Waals surface area (Å²) < 4.78 is 2.18. The first-order valence-electron chi connectivity index (χ1n) is 8.78. The summed E-state index contributed by atoms with van der Waals surface area (Å²) in [5.74, 6) is 0.520. The van der Waals surface area contributed by atoms with Crippen LogP contribution in [-0.2, 0) is 11.8 Å². The van der Waals surface area contributed by atoms with Crippen molar-refractivity contribution in [2.45, 2.75) is 12.3 Å². The molecule has 1 aromatic heterocycles. The number of amides is 1. The van der Waals surface area contributed by atoms with E-state index < -0.39 is 0 Å². The number of hydrogen-bond donors (Lipinski definition) is 0. The molecule has 1 unspecified atom stereocenters. The molecule has 3 heteroatoms. The molecule has 126 valence electrons. The molecule has 0 N–H and O–H groups in total. The van der Waals surface area contributed by atoms with Crippen molar-refractivity contribution in [2.24, 2.45) is 7.05 Å². The van der Waals surface area contributed by atoms with Crippen LogP contribution in [0.5, 0.6) is 0 Å². The summed E-state index contributed by atoms with van der Waals surface area (Å²) in [6.07, 6.45) is 6.84. The van der Waals surface area contributed by atoms with E-state index in [0.29, 0.717) is 5.92 Å². The van der Waals surface area contributed by atoms with Gasteiger partial charge in [0.1, 0.15) is 0 Å². The van der Waals surface area contributed by atoms with Gasteiger partial charge >= 0.3 is 0 Å². The molecular formula is C22H22N2O.